The summed E-state index contributed by atoms with van der Waals surface area (Å²) >= 11 is 0. The van der Waals surface area contributed by atoms with Gasteiger partial charge in [-0.15, -0.1) is 0 Å². The minimum absolute atomic E-state index is 0.0924. The van der Waals surface area contributed by atoms with Gasteiger partial charge in [-0.2, -0.15) is 0 Å². The summed E-state index contributed by atoms with van der Waals surface area (Å²) in [5, 5.41) is 0. The molecule has 1 aromatic carbocycles. The zero-order valence-corrected chi connectivity index (χ0v) is 12.1. The summed E-state index contributed by atoms with van der Waals surface area (Å²) in [7, 11) is 1.26. The van der Waals surface area contributed by atoms with Crippen LogP contribution in [0.1, 0.15) is 16.8 Å². The third-order valence-electron chi connectivity index (χ3n) is 4.52. The number of hydrogen-bond donors (Lipinski definition) is 0. The zero-order valence-electron chi connectivity index (χ0n) is 12.1. The summed E-state index contributed by atoms with van der Waals surface area (Å²) in [5.74, 6) is -2.10. The Kier molecular flexibility index (Phi) is 3.56. The Bertz CT molecular complexity index is 636. The molecule has 0 aliphatic heterocycles. The van der Waals surface area contributed by atoms with Gasteiger partial charge in [0.2, 0.25) is 5.60 Å². The predicted molar refractivity (Wildman–Crippen MR) is 76.9 cm³/mol. The first-order chi connectivity index (χ1) is 10.6. The molecular weight excluding hydrogens is 284 g/mol. The van der Waals surface area contributed by atoms with Gasteiger partial charge in [-0.3, -0.25) is 0 Å². The molecule has 4 atom stereocenters. The second kappa shape index (κ2) is 5.40. The minimum atomic E-state index is -1.41. The van der Waals surface area contributed by atoms with Crippen molar-refractivity contribution in [2.45, 2.75) is 12.0 Å². The lowest BCUT2D eigenvalue weighted by molar-refractivity contribution is -0.166. The van der Waals surface area contributed by atoms with Crippen LogP contribution in [0.15, 0.2) is 42.5 Å². The first kappa shape index (κ1) is 14.5. The molecule has 114 valence electrons. The predicted octanol–water partition coefficient (Wildman–Crippen LogP) is 1.78. The number of aldehydes is 1. The van der Waals surface area contributed by atoms with Crippen LogP contribution in [0.2, 0.25) is 0 Å². The molecule has 1 saturated carbocycles. The van der Waals surface area contributed by atoms with Crippen LogP contribution in [-0.4, -0.2) is 30.9 Å². The Hall–Kier alpha value is -2.43. The van der Waals surface area contributed by atoms with Crippen LogP contribution in [0.25, 0.3) is 0 Å². The van der Waals surface area contributed by atoms with Gasteiger partial charge in [0.25, 0.3) is 0 Å². The van der Waals surface area contributed by atoms with Crippen molar-refractivity contribution in [3.05, 3.63) is 48.0 Å². The molecule has 2 bridgehead atoms. The number of benzene rings is 1. The first-order valence-corrected chi connectivity index (χ1v) is 7.13. The molecule has 2 aliphatic rings. The topological polar surface area (TPSA) is 69.7 Å². The number of carbonyl (C=O) groups is 3. The Morgan fingerprint density at radius 2 is 1.95 bits per heavy atom. The monoisotopic (exact) mass is 300 g/mol. The van der Waals surface area contributed by atoms with E-state index >= 15 is 0 Å². The summed E-state index contributed by atoms with van der Waals surface area (Å²) < 4.78 is 10.4. The van der Waals surface area contributed by atoms with Crippen molar-refractivity contribution in [2.24, 2.45) is 17.8 Å². The van der Waals surface area contributed by atoms with Gasteiger partial charge in [0.15, 0.2) is 0 Å². The van der Waals surface area contributed by atoms with Crippen molar-refractivity contribution in [3.63, 3.8) is 0 Å². The maximum absolute atomic E-state index is 12.4. The van der Waals surface area contributed by atoms with Gasteiger partial charge in [0.1, 0.15) is 6.29 Å². The van der Waals surface area contributed by atoms with Crippen molar-refractivity contribution in [1.82, 2.24) is 0 Å². The molecule has 0 aromatic heterocycles. The van der Waals surface area contributed by atoms with Crippen LogP contribution in [-0.2, 0) is 19.1 Å². The summed E-state index contributed by atoms with van der Waals surface area (Å²) in [5.41, 5.74) is -1.05. The van der Waals surface area contributed by atoms with E-state index in [9.17, 15) is 14.4 Å². The number of hydrogen-bond acceptors (Lipinski definition) is 5. The highest BCUT2D eigenvalue weighted by molar-refractivity contribution is 5.93. The van der Waals surface area contributed by atoms with Gasteiger partial charge in [0.05, 0.1) is 12.7 Å². The van der Waals surface area contributed by atoms with E-state index in [1.165, 1.54) is 7.11 Å². The summed E-state index contributed by atoms with van der Waals surface area (Å²) in [6.45, 7) is 0. The van der Waals surface area contributed by atoms with Crippen molar-refractivity contribution < 1.29 is 23.9 Å². The fourth-order valence-electron chi connectivity index (χ4n) is 3.47. The molecule has 5 nitrogen and oxygen atoms in total. The van der Waals surface area contributed by atoms with E-state index in [4.69, 9.17) is 9.47 Å². The Morgan fingerprint density at radius 3 is 2.55 bits per heavy atom. The van der Waals surface area contributed by atoms with Gasteiger partial charge < -0.3 is 14.3 Å². The van der Waals surface area contributed by atoms with Crippen molar-refractivity contribution >= 4 is 18.2 Å². The highest BCUT2D eigenvalue weighted by atomic mass is 16.6. The van der Waals surface area contributed by atoms with Gasteiger partial charge in [-0.25, -0.2) is 9.59 Å². The number of methoxy groups -OCH3 is 1. The van der Waals surface area contributed by atoms with E-state index < -0.39 is 23.5 Å². The van der Waals surface area contributed by atoms with Gasteiger partial charge >= 0.3 is 11.9 Å². The zero-order chi connectivity index (χ0) is 15.7. The number of rotatable bonds is 4. The third kappa shape index (κ3) is 2.04. The number of esters is 2. The van der Waals surface area contributed by atoms with Crippen molar-refractivity contribution in [1.29, 1.82) is 0 Å². The summed E-state index contributed by atoms with van der Waals surface area (Å²) in [6.07, 6.45) is 4.79. The molecule has 0 unspecified atom stereocenters. The molecule has 2 aliphatic carbocycles. The van der Waals surface area contributed by atoms with Crippen molar-refractivity contribution in [2.75, 3.05) is 7.11 Å². The fourth-order valence-corrected chi connectivity index (χ4v) is 3.47. The first-order valence-electron chi connectivity index (χ1n) is 7.13. The normalized spacial score (nSPS) is 31.8. The van der Waals surface area contributed by atoms with E-state index in [0.717, 1.165) is 6.29 Å². The SMILES string of the molecule is COC(=O)[C@@]1(OC(=O)c2ccccc2)C[C@H]2C=C[C@@H]1[C@H]2C=O. The Labute approximate surface area is 127 Å². The number of carbonyl (C=O) groups excluding carboxylic acids is 3. The van der Waals surface area contributed by atoms with Gasteiger partial charge in [-0.1, -0.05) is 30.4 Å². The summed E-state index contributed by atoms with van der Waals surface area (Å²) in [6, 6.07) is 8.46. The standard InChI is InChI=1S/C17H16O5/c1-21-16(20)17(9-12-7-8-14(17)13(12)10-18)22-15(19)11-5-3-2-4-6-11/h2-8,10,12-14H,9H2,1H3/t12-,13+,14-,17-/m1/s1. The van der Waals surface area contributed by atoms with E-state index in [0.29, 0.717) is 5.56 Å². The van der Waals surface area contributed by atoms with Crippen LogP contribution >= 0.6 is 0 Å². The molecule has 3 rings (SSSR count). The quantitative estimate of drug-likeness (QED) is 0.481. The smallest absolute Gasteiger partial charge is 0.351 e. The van der Waals surface area contributed by atoms with Gasteiger partial charge in [0, 0.05) is 18.3 Å². The number of ether oxygens (including phenoxy) is 2. The molecule has 0 N–H and O–H groups in total. The lowest BCUT2D eigenvalue weighted by atomic mass is 9.86. The van der Waals surface area contributed by atoms with E-state index in [1.807, 2.05) is 6.08 Å². The molecule has 0 radical (unpaired) electrons. The highest BCUT2D eigenvalue weighted by Crippen LogP contribution is 2.52. The number of fused-ring (bicyclic) bond motifs is 2. The molecule has 0 saturated heterocycles. The van der Waals surface area contributed by atoms with Crippen LogP contribution in [0, 0.1) is 17.8 Å². The molecule has 1 aromatic rings. The average molecular weight is 300 g/mol. The molecule has 0 heterocycles. The maximum Gasteiger partial charge on any atom is 0.351 e. The van der Waals surface area contributed by atoms with Gasteiger partial charge in [-0.05, 0) is 18.1 Å². The molecule has 22 heavy (non-hydrogen) atoms. The maximum atomic E-state index is 12.4. The second-order valence-electron chi connectivity index (χ2n) is 5.63. The van der Waals surface area contributed by atoms with Crippen LogP contribution in [0.3, 0.4) is 0 Å². The average Bonchev–Trinajstić information content (AvgIpc) is 3.10. The number of allylic oxidation sites excluding steroid dienone is 1. The Morgan fingerprint density at radius 1 is 1.23 bits per heavy atom. The Balaban J connectivity index is 1.93. The molecule has 0 amide bonds. The van der Waals surface area contributed by atoms with Crippen LogP contribution in [0.4, 0.5) is 0 Å². The lowest BCUT2D eigenvalue weighted by Crippen LogP contribution is -2.48. The largest absolute Gasteiger partial charge is 0.466 e. The van der Waals surface area contributed by atoms with E-state index in [-0.39, 0.29) is 18.3 Å². The molecular formula is C17H16O5. The van der Waals surface area contributed by atoms with Crippen molar-refractivity contribution in [3.8, 4) is 0 Å². The molecule has 5 heteroatoms. The fraction of sp³-hybridized carbons (Fsp3) is 0.353. The van der Waals surface area contributed by atoms with Crippen LogP contribution in [0.5, 0.6) is 0 Å². The second-order valence-corrected chi connectivity index (χ2v) is 5.63. The van der Waals surface area contributed by atoms with Crippen LogP contribution < -0.4 is 0 Å². The third-order valence-corrected chi connectivity index (χ3v) is 4.52. The summed E-state index contributed by atoms with van der Waals surface area (Å²) in [4.78, 5) is 35.9. The molecule has 0 spiro atoms. The lowest BCUT2D eigenvalue weighted by Gasteiger charge is -2.32. The highest BCUT2D eigenvalue weighted by Gasteiger charge is 2.62. The minimum Gasteiger partial charge on any atom is -0.466 e. The van der Waals surface area contributed by atoms with E-state index in [2.05, 4.69) is 0 Å². The molecule has 1 fully saturated rings. The van der Waals surface area contributed by atoms with E-state index in [1.54, 1.807) is 36.4 Å².